The molecule has 1 nitrogen and oxygen atoms in total. The molecular formula is C18H15N. The monoisotopic (exact) mass is 245 g/mol. The van der Waals surface area contributed by atoms with Gasteiger partial charge in [-0.2, -0.15) is 0 Å². The third-order valence-electron chi connectivity index (χ3n) is 3.97. The molecule has 19 heavy (non-hydrogen) atoms. The number of aromatic nitrogens is 1. The van der Waals surface area contributed by atoms with Crippen LogP contribution in [0.5, 0.6) is 0 Å². The van der Waals surface area contributed by atoms with Gasteiger partial charge in [0.15, 0.2) is 0 Å². The van der Waals surface area contributed by atoms with E-state index in [-0.39, 0.29) is 0 Å². The third kappa shape index (κ3) is 1.70. The summed E-state index contributed by atoms with van der Waals surface area (Å²) < 4.78 is 0. The minimum absolute atomic E-state index is 1.01. The fraction of sp³-hybridized carbons (Fsp3) is 0.111. The van der Waals surface area contributed by atoms with Crippen molar-refractivity contribution in [3.8, 4) is 0 Å². The van der Waals surface area contributed by atoms with Gasteiger partial charge in [0.25, 0.3) is 0 Å². The Kier molecular flexibility index (Phi) is 2.31. The highest BCUT2D eigenvalue weighted by Gasteiger charge is 2.16. The van der Waals surface area contributed by atoms with Crippen LogP contribution in [0.3, 0.4) is 0 Å². The Hall–Kier alpha value is -2.28. The molecule has 92 valence electrons. The standard InChI is InChI=1S/C18H15N/c1-2-6-13(7-3-1)14-10-11-18-16(12-14)15-8-4-5-9-17(15)19-18/h1-10,19H,11-12H2. The molecule has 0 unspecified atom stereocenters. The number of hydrogen-bond acceptors (Lipinski definition) is 0. The molecule has 0 radical (unpaired) electrons. The van der Waals surface area contributed by atoms with Crippen LogP contribution in [-0.4, -0.2) is 4.98 Å². The summed E-state index contributed by atoms with van der Waals surface area (Å²) in [5, 5.41) is 1.37. The molecule has 0 atom stereocenters. The van der Waals surface area contributed by atoms with Gasteiger partial charge in [-0.3, -0.25) is 0 Å². The van der Waals surface area contributed by atoms with E-state index in [2.05, 4.69) is 65.7 Å². The Morgan fingerprint density at radius 1 is 0.842 bits per heavy atom. The maximum absolute atomic E-state index is 3.54. The molecule has 0 aliphatic heterocycles. The van der Waals surface area contributed by atoms with Gasteiger partial charge >= 0.3 is 0 Å². The molecule has 0 saturated heterocycles. The van der Waals surface area contributed by atoms with Gasteiger partial charge in [0.1, 0.15) is 0 Å². The maximum atomic E-state index is 3.54. The SMILES string of the molecule is C1=C(c2ccccc2)Cc2c([nH]c3ccccc23)C1. The van der Waals surface area contributed by atoms with E-state index in [1.807, 2.05) is 0 Å². The van der Waals surface area contributed by atoms with E-state index in [9.17, 15) is 0 Å². The molecule has 1 aliphatic carbocycles. The molecule has 2 aromatic carbocycles. The highest BCUT2D eigenvalue weighted by molar-refractivity contribution is 5.88. The van der Waals surface area contributed by atoms with Gasteiger partial charge in [-0.05, 0) is 22.8 Å². The van der Waals surface area contributed by atoms with E-state index in [0.717, 1.165) is 12.8 Å². The fourth-order valence-corrected chi connectivity index (χ4v) is 2.99. The van der Waals surface area contributed by atoms with Gasteiger partial charge in [-0.15, -0.1) is 0 Å². The molecule has 1 heterocycles. The quantitative estimate of drug-likeness (QED) is 0.656. The third-order valence-corrected chi connectivity index (χ3v) is 3.97. The number of para-hydroxylation sites is 1. The van der Waals surface area contributed by atoms with Gasteiger partial charge < -0.3 is 4.98 Å². The van der Waals surface area contributed by atoms with Crippen molar-refractivity contribution in [3.63, 3.8) is 0 Å². The van der Waals surface area contributed by atoms with Crippen LogP contribution in [0.1, 0.15) is 16.8 Å². The second-order valence-corrected chi connectivity index (χ2v) is 5.10. The van der Waals surface area contributed by atoms with Gasteiger partial charge in [-0.25, -0.2) is 0 Å². The first kappa shape index (κ1) is 10.6. The van der Waals surface area contributed by atoms with Gasteiger partial charge in [-0.1, -0.05) is 54.6 Å². The van der Waals surface area contributed by atoms with Crippen molar-refractivity contribution < 1.29 is 0 Å². The number of fused-ring (bicyclic) bond motifs is 3. The van der Waals surface area contributed by atoms with Crippen molar-refractivity contribution >= 4 is 16.5 Å². The van der Waals surface area contributed by atoms with E-state index in [1.165, 1.54) is 33.3 Å². The summed E-state index contributed by atoms with van der Waals surface area (Å²) in [6, 6.07) is 19.3. The topological polar surface area (TPSA) is 15.8 Å². The zero-order chi connectivity index (χ0) is 12.7. The lowest BCUT2D eigenvalue weighted by atomic mass is 9.90. The second-order valence-electron chi connectivity index (χ2n) is 5.10. The molecule has 1 N–H and O–H groups in total. The second kappa shape index (κ2) is 4.13. The summed E-state index contributed by atoms with van der Waals surface area (Å²) in [4.78, 5) is 3.54. The van der Waals surface area contributed by atoms with Crippen LogP contribution >= 0.6 is 0 Å². The van der Waals surface area contributed by atoms with Crippen LogP contribution in [-0.2, 0) is 12.8 Å². The summed E-state index contributed by atoms with van der Waals surface area (Å²) >= 11 is 0. The van der Waals surface area contributed by atoms with Crippen LogP contribution in [0.2, 0.25) is 0 Å². The molecule has 1 heteroatoms. The molecule has 1 aromatic heterocycles. The molecule has 0 bridgehead atoms. The average molecular weight is 245 g/mol. The zero-order valence-electron chi connectivity index (χ0n) is 10.7. The van der Waals surface area contributed by atoms with Crippen molar-refractivity contribution in [2.45, 2.75) is 12.8 Å². The zero-order valence-corrected chi connectivity index (χ0v) is 10.7. The molecule has 1 aliphatic rings. The smallest absolute Gasteiger partial charge is 0.0459 e. The van der Waals surface area contributed by atoms with Crippen molar-refractivity contribution in [2.75, 3.05) is 0 Å². The summed E-state index contributed by atoms with van der Waals surface area (Å²) in [7, 11) is 0. The molecule has 0 spiro atoms. The number of benzene rings is 2. The predicted octanol–water partition coefficient (Wildman–Crippen LogP) is 4.35. The van der Waals surface area contributed by atoms with Crippen molar-refractivity contribution in [3.05, 3.63) is 77.5 Å². The molecular weight excluding hydrogens is 230 g/mol. The van der Waals surface area contributed by atoms with E-state index < -0.39 is 0 Å². The summed E-state index contributed by atoms with van der Waals surface area (Å²) in [5.41, 5.74) is 6.89. The van der Waals surface area contributed by atoms with Gasteiger partial charge in [0.05, 0.1) is 0 Å². The Balaban J connectivity index is 1.81. The molecule has 0 fully saturated rings. The normalized spacial score (nSPS) is 14.2. The first-order valence-corrected chi connectivity index (χ1v) is 6.75. The van der Waals surface area contributed by atoms with Crippen molar-refractivity contribution in [2.24, 2.45) is 0 Å². The van der Waals surface area contributed by atoms with E-state index >= 15 is 0 Å². The van der Waals surface area contributed by atoms with Crippen molar-refractivity contribution in [1.82, 2.24) is 4.98 Å². The summed E-state index contributed by atoms with van der Waals surface area (Å²) in [6.07, 6.45) is 4.39. The lowest BCUT2D eigenvalue weighted by molar-refractivity contribution is 1.07. The number of allylic oxidation sites excluding steroid dienone is 2. The van der Waals surface area contributed by atoms with Crippen LogP contribution in [0.15, 0.2) is 60.7 Å². The Labute approximate surface area is 112 Å². The van der Waals surface area contributed by atoms with Gasteiger partial charge in [0, 0.05) is 29.4 Å². The van der Waals surface area contributed by atoms with E-state index in [0.29, 0.717) is 0 Å². The van der Waals surface area contributed by atoms with E-state index in [1.54, 1.807) is 0 Å². The van der Waals surface area contributed by atoms with Gasteiger partial charge in [0.2, 0.25) is 0 Å². The Morgan fingerprint density at radius 2 is 1.63 bits per heavy atom. The summed E-state index contributed by atoms with van der Waals surface area (Å²) in [5.74, 6) is 0. The van der Waals surface area contributed by atoms with Crippen molar-refractivity contribution in [1.29, 1.82) is 0 Å². The van der Waals surface area contributed by atoms with Crippen LogP contribution < -0.4 is 0 Å². The number of nitrogens with one attached hydrogen (secondary N) is 1. The van der Waals surface area contributed by atoms with Crippen LogP contribution in [0.4, 0.5) is 0 Å². The lowest BCUT2D eigenvalue weighted by Crippen LogP contribution is -2.01. The molecule has 0 saturated carbocycles. The number of H-pyrrole nitrogens is 1. The number of rotatable bonds is 1. The fourth-order valence-electron chi connectivity index (χ4n) is 2.99. The minimum atomic E-state index is 1.01. The van der Waals surface area contributed by atoms with E-state index in [4.69, 9.17) is 0 Å². The van der Waals surface area contributed by atoms with Crippen LogP contribution in [0, 0.1) is 0 Å². The van der Waals surface area contributed by atoms with Crippen LogP contribution in [0.25, 0.3) is 16.5 Å². The predicted molar refractivity (Wildman–Crippen MR) is 80.1 cm³/mol. The largest absolute Gasteiger partial charge is 0.358 e. The minimum Gasteiger partial charge on any atom is -0.358 e. The maximum Gasteiger partial charge on any atom is 0.0459 e. The highest BCUT2D eigenvalue weighted by Crippen LogP contribution is 2.32. The first-order chi connectivity index (χ1) is 9.42. The molecule has 3 aromatic rings. The lowest BCUT2D eigenvalue weighted by Gasteiger charge is -2.14. The number of hydrogen-bond donors (Lipinski definition) is 1. The first-order valence-electron chi connectivity index (χ1n) is 6.75. The summed E-state index contributed by atoms with van der Waals surface area (Å²) in [6.45, 7) is 0. The number of aromatic amines is 1. The highest BCUT2D eigenvalue weighted by atomic mass is 14.7. The molecule has 0 amide bonds. The average Bonchev–Trinajstić information content (AvgIpc) is 2.86. The Morgan fingerprint density at radius 3 is 2.53 bits per heavy atom. The Bertz CT molecular complexity index is 763. The molecule has 4 rings (SSSR count).